The molecular formula is C23H26NO3S2+. The topological polar surface area (TPSA) is 46.5 Å². The Morgan fingerprint density at radius 2 is 1.76 bits per heavy atom. The summed E-state index contributed by atoms with van der Waals surface area (Å²) in [6.45, 7) is 2.77. The number of benzene rings is 1. The van der Waals surface area contributed by atoms with Crippen molar-refractivity contribution in [3.8, 4) is 0 Å². The maximum atomic E-state index is 13.1. The third kappa shape index (κ3) is 4.31. The van der Waals surface area contributed by atoms with E-state index in [-0.39, 0.29) is 6.10 Å². The number of quaternary nitrogens is 1. The average Bonchev–Trinajstić information content (AvgIpc) is 3.49. The van der Waals surface area contributed by atoms with Gasteiger partial charge in [0.2, 0.25) is 5.60 Å². The number of ether oxygens (including phenoxy) is 1. The Balaban J connectivity index is 1.43. The molecular weight excluding hydrogens is 402 g/mol. The minimum Gasteiger partial charge on any atom is -0.453 e. The van der Waals surface area contributed by atoms with Crippen molar-refractivity contribution in [3.05, 3.63) is 80.7 Å². The van der Waals surface area contributed by atoms with Gasteiger partial charge >= 0.3 is 5.97 Å². The molecule has 2 aromatic heterocycles. The van der Waals surface area contributed by atoms with Crippen LogP contribution in [0.25, 0.3) is 0 Å². The van der Waals surface area contributed by atoms with Gasteiger partial charge in [-0.05, 0) is 28.5 Å². The van der Waals surface area contributed by atoms with Crippen molar-refractivity contribution < 1.29 is 19.1 Å². The van der Waals surface area contributed by atoms with Crippen molar-refractivity contribution in [2.75, 3.05) is 26.7 Å². The van der Waals surface area contributed by atoms with Gasteiger partial charge in [0.05, 0.1) is 29.9 Å². The molecule has 152 valence electrons. The van der Waals surface area contributed by atoms with Crippen LogP contribution in [-0.2, 0) is 21.6 Å². The van der Waals surface area contributed by atoms with Crippen LogP contribution in [0.4, 0.5) is 0 Å². The molecule has 4 nitrogen and oxygen atoms in total. The highest BCUT2D eigenvalue weighted by Gasteiger charge is 2.46. The number of aliphatic hydroxyl groups is 1. The number of carbonyl (C=O) groups excluding carboxylic acids is 1. The van der Waals surface area contributed by atoms with E-state index in [9.17, 15) is 9.90 Å². The zero-order valence-electron chi connectivity index (χ0n) is 16.5. The summed E-state index contributed by atoms with van der Waals surface area (Å²) < 4.78 is 6.76. The van der Waals surface area contributed by atoms with Crippen LogP contribution >= 0.6 is 22.7 Å². The molecule has 1 aliphatic rings. The predicted molar refractivity (Wildman–Crippen MR) is 117 cm³/mol. The predicted octanol–water partition coefficient (Wildman–Crippen LogP) is 4.05. The van der Waals surface area contributed by atoms with E-state index in [2.05, 4.69) is 31.3 Å². The molecule has 0 amide bonds. The first-order chi connectivity index (χ1) is 14.0. The monoisotopic (exact) mass is 428 g/mol. The van der Waals surface area contributed by atoms with E-state index >= 15 is 0 Å². The second kappa shape index (κ2) is 8.40. The smallest absolute Gasteiger partial charge is 0.349 e. The van der Waals surface area contributed by atoms with Crippen LogP contribution < -0.4 is 0 Å². The fraction of sp³-hybridized carbons (Fsp3) is 0.348. The minimum atomic E-state index is -1.72. The lowest BCUT2D eigenvalue weighted by molar-refractivity contribution is -0.898. The summed E-state index contributed by atoms with van der Waals surface area (Å²) in [4.78, 5) is 14.3. The second-order valence-electron chi connectivity index (χ2n) is 7.97. The molecule has 4 rings (SSSR count). The number of carbonyl (C=O) groups is 1. The van der Waals surface area contributed by atoms with E-state index in [0.29, 0.717) is 9.75 Å². The fourth-order valence-corrected chi connectivity index (χ4v) is 5.72. The molecule has 0 bridgehead atoms. The number of hydrogen-bond acceptors (Lipinski definition) is 5. The first kappa shape index (κ1) is 20.3. The van der Waals surface area contributed by atoms with Crippen molar-refractivity contribution in [3.63, 3.8) is 0 Å². The van der Waals surface area contributed by atoms with Gasteiger partial charge in [-0.15, -0.1) is 22.7 Å². The van der Waals surface area contributed by atoms with Gasteiger partial charge in [-0.3, -0.25) is 0 Å². The number of esters is 1. The molecule has 1 N–H and O–H groups in total. The fourth-order valence-electron chi connectivity index (χ4n) is 4.00. The van der Waals surface area contributed by atoms with Gasteiger partial charge in [0.1, 0.15) is 6.54 Å². The lowest BCUT2D eigenvalue weighted by atomic mass is 10.00. The lowest BCUT2D eigenvalue weighted by Gasteiger charge is -2.30. The zero-order chi connectivity index (χ0) is 20.3. The van der Waals surface area contributed by atoms with Crippen LogP contribution in [0.5, 0.6) is 0 Å². The van der Waals surface area contributed by atoms with Gasteiger partial charge in [0.25, 0.3) is 0 Å². The lowest BCUT2D eigenvalue weighted by Crippen LogP contribution is -2.45. The summed E-state index contributed by atoms with van der Waals surface area (Å²) in [5.74, 6) is -0.566. The molecule has 6 heteroatoms. The molecule has 29 heavy (non-hydrogen) atoms. The van der Waals surface area contributed by atoms with Gasteiger partial charge < -0.3 is 14.3 Å². The van der Waals surface area contributed by atoms with Crippen LogP contribution in [0.1, 0.15) is 21.7 Å². The van der Waals surface area contributed by atoms with Crippen LogP contribution in [-0.4, -0.2) is 48.3 Å². The zero-order valence-corrected chi connectivity index (χ0v) is 18.1. The third-order valence-electron chi connectivity index (χ3n) is 5.74. The van der Waals surface area contributed by atoms with Crippen LogP contribution in [0.15, 0.2) is 65.4 Å². The van der Waals surface area contributed by atoms with Crippen LogP contribution in [0.2, 0.25) is 0 Å². The molecule has 0 aliphatic carbocycles. The van der Waals surface area contributed by atoms with Crippen molar-refractivity contribution in [1.29, 1.82) is 0 Å². The number of thiophene rings is 2. The highest BCUT2D eigenvalue weighted by atomic mass is 32.1. The molecule has 3 aromatic rings. The summed E-state index contributed by atoms with van der Waals surface area (Å²) in [5, 5.41) is 15.1. The Hall–Kier alpha value is -1.99. The molecule has 2 atom stereocenters. The highest BCUT2D eigenvalue weighted by molar-refractivity contribution is 7.12. The molecule has 0 saturated carbocycles. The maximum Gasteiger partial charge on any atom is 0.349 e. The first-order valence-corrected chi connectivity index (χ1v) is 11.6. The van der Waals surface area contributed by atoms with E-state index < -0.39 is 11.6 Å². The van der Waals surface area contributed by atoms with Gasteiger partial charge in [0.15, 0.2) is 6.10 Å². The molecule has 1 unspecified atom stereocenters. The molecule has 1 aromatic carbocycles. The number of likely N-dealkylation sites (N-methyl/N-ethyl adjacent to an activating group) is 1. The molecule has 0 spiro atoms. The van der Waals surface area contributed by atoms with E-state index in [0.717, 1.165) is 37.0 Å². The molecule has 0 radical (unpaired) electrons. The standard InChI is InChI=1S/C23H26NO3S2/c1-24(13-11-18-7-3-2-4-8-18)14-12-19(17-24)27-22(25)23(26,20-9-5-15-28-20)21-10-6-16-29-21/h2-10,15-16,19,26H,11-14,17H2,1H3/q+1/t19?,24-/m1/s1. The van der Waals surface area contributed by atoms with E-state index in [4.69, 9.17) is 4.74 Å². The number of hydrogen-bond donors (Lipinski definition) is 1. The van der Waals surface area contributed by atoms with Crippen molar-refractivity contribution >= 4 is 28.6 Å². The normalized spacial score (nSPS) is 21.9. The van der Waals surface area contributed by atoms with Crippen LogP contribution in [0, 0.1) is 0 Å². The second-order valence-corrected chi connectivity index (χ2v) is 9.86. The molecule has 3 heterocycles. The Kier molecular flexibility index (Phi) is 5.88. The SMILES string of the molecule is C[N@@+]1(CCc2ccccc2)CCC(OC(=O)C(O)(c2cccs2)c2cccs2)C1. The van der Waals surface area contributed by atoms with Crippen LogP contribution in [0.3, 0.4) is 0 Å². The van der Waals surface area contributed by atoms with Crippen molar-refractivity contribution in [2.24, 2.45) is 0 Å². The maximum absolute atomic E-state index is 13.1. The number of nitrogens with zero attached hydrogens (tertiary/aromatic N) is 1. The molecule has 1 saturated heterocycles. The summed E-state index contributed by atoms with van der Waals surface area (Å²) in [5.41, 5.74) is -0.393. The third-order valence-corrected chi connectivity index (χ3v) is 7.70. The number of rotatable bonds is 7. The van der Waals surface area contributed by atoms with Gasteiger partial charge in [-0.1, -0.05) is 42.5 Å². The van der Waals surface area contributed by atoms with E-state index in [1.807, 2.05) is 29.0 Å². The highest BCUT2D eigenvalue weighted by Crippen LogP contribution is 2.37. The van der Waals surface area contributed by atoms with E-state index in [1.54, 1.807) is 12.1 Å². The summed E-state index contributed by atoms with van der Waals surface area (Å²) in [6, 6.07) is 17.8. The quantitative estimate of drug-likeness (QED) is 0.456. The first-order valence-electron chi connectivity index (χ1n) is 9.88. The average molecular weight is 429 g/mol. The minimum absolute atomic E-state index is 0.172. The Morgan fingerprint density at radius 1 is 1.10 bits per heavy atom. The van der Waals surface area contributed by atoms with Gasteiger partial charge in [0, 0.05) is 12.8 Å². The Bertz CT molecular complexity index is 890. The Morgan fingerprint density at radius 3 is 2.34 bits per heavy atom. The largest absolute Gasteiger partial charge is 0.453 e. The summed E-state index contributed by atoms with van der Waals surface area (Å²) in [6.07, 6.45) is 1.66. The molecule has 1 fully saturated rings. The van der Waals surface area contributed by atoms with Crippen molar-refractivity contribution in [1.82, 2.24) is 0 Å². The van der Waals surface area contributed by atoms with E-state index in [1.165, 1.54) is 28.2 Å². The summed E-state index contributed by atoms with van der Waals surface area (Å²) >= 11 is 2.74. The van der Waals surface area contributed by atoms with Crippen molar-refractivity contribution in [2.45, 2.75) is 24.5 Å². The Labute approximate surface area is 179 Å². The van der Waals surface area contributed by atoms with Gasteiger partial charge in [-0.2, -0.15) is 0 Å². The summed E-state index contributed by atoms with van der Waals surface area (Å²) in [7, 11) is 2.22. The number of likely N-dealkylation sites (tertiary alicyclic amines) is 1. The van der Waals surface area contributed by atoms with Gasteiger partial charge in [-0.25, -0.2) is 4.79 Å². The molecule has 1 aliphatic heterocycles.